The molecule has 0 radical (unpaired) electrons. The van der Waals surface area contributed by atoms with Crippen molar-refractivity contribution >= 4 is 29.0 Å². The van der Waals surface area contributed by atoms with Gasteiger partial charge in [0.15, 0.2) is 11.0 Å². The van der Waals surface area contributed by atoms with Crippen LogP contribution in [-0.2, 0) is 11.3 Å². The van der Waals surface area contributed by atoms with Gasteiger partial charge in [-0.1, -0.05) is 60.3 Å². The lowest BCUT2D eigenvalue weighted by Crippen LogP contribution is -2.24. The molecule has 0 unspecified atom stereocenters. The Balaban J connectivity index is 1.52. The minimum Gasteiger partial charge on any atom is -0.351 e. The van der Waals surface area contributed by atoms with E-state index in [1.807, 2.05) is 64.5 Å². The van der Waals surface area contributed by atoms with Crippen molar-refractivity contribution in [1.29, 1.82) is 0 Å². The lowest BCUT2D eigenvalue weighted by molar-refractivity contribution is -0.118. The molecule has 1 amide bonds. The van der Waals surface area contributed by atoms with Gasteiger partial charge < -0.3 is 5.32 Å². The molecule has 2 heterocycles. The van der Waals surface area contributed by atoms with E-state index < -0.39 is 0 Å². The number of nitrogens with zero attached hydrogens (tertiary/aromatic N) is 3. The number of nitrogens with one attached hydrogen (secondary N) is 1. The lowest BCUT2D eigenvalue weighted by atomic mass is 10.2. The number of carbonyl (C=O) groups is 1. The van der Waals surface area contributed by atoms with E-state index in [1.165, 1.54) is 11.8 Å². The van der Waals surface area contributed by atoms with Crippen molar-refractivity contribution in [3.05, 3.63) is 83.2 Å². The van der Waals surface area contributed by atoms with E-state index in [2.05, 4.69) is 34.6 Å². The molecule has 0 spiro atoms. The van der Waals surface area contributed by atoms with Gasteiger partial charge in [-0.3, -0.25) is 9.36 Å². The van der Waals surface area contributed by atoms with E-state index in [4.69, 9.17) is 0 Å². The third-order valence-corrected chi connectivity index (χ3v) is 6.09. The highest BCUT2D eigenvalue weighted by Gasteiger charge is 2.18. The van der Waals surface area contributed by atoms with Crippen LogP contribution in [-0.4, -0.2) is 26.4 Å². The van der Waals surface area contributed by atoms with E-state index in [1.54, 1.807) is 11.3 Å². The van der Waals surface area contributed by atoms with Crippen molar-refractivity contribution in [3.8, 4) is 16.4 Å². The van der Waals surface area contributed by atoms with E-state index in [-0.39, 0.29) is 11.7 Å². The van der Waals surface area contributed by atoms with Crippen LogP contribution >= 0.6 is 23.1 Å². The predicted molar refractivity (Wildman–Crippen MR) is 118 cm³/mol. The average Bonchev–Trinajstić information content (AvgIpc) is 3.41. The summed E-state index contributed by atoms with van der Waals surface area (Å²) in [5.41, 5.74) is 3.23. The van der Waals surface area contributed by atoms with Crippen molar-refractivity contribution in [2.24, 2.45) is 0 Å². The number of aromatic nitrogens is 3. The molecular weight excluding hydrogens is 400 g/mol. The Morgan fingerprint density at radius 1 is 1.07 bits per heavy atom. The molecule has 0 atom stereocenters. The molecule has 0 fully saturated rings. The zero-order valence-corrected chi connectivity index (χ0v) is 17.5. The Morgan fingerprint density at radius 2 is 1.93 bits per heavy atom. The molecule has 2 aromatic heterocycles. The number of thioether (sulfide) groups is 1. The van der Waals surface area contributed by atoms with Gasteiger partial charge >= 0.3 is 0 Å². The molecular formula is C22H20N4OS2. The van der Waals surface area contributed by atoms with Crippen molar-refractivity contribution in [1.82, 2.24) is 20.1 Å². The fourth-order valence-electron chi connectivity index (χ4n) is 2.91. The normalized spacial score (nSPS) is 10.8. The third kappa shape index (κ3) is 4.75. The SMILES string of the molecule is Cc1cccc(-n2c(SCC(=O)NCc3ccccc3)nnc2-c2cccs2)c1. The fourth-order valence-corrected chi connectivity index (χ4v) is 4.39. The third-order valence-electron chi connectivity index (χ3n) is 4.30. The summed E-state index contributed by atoms with van der Waals surface area (Å²) in [7, 11) is 0. The summed E-state index contributed by atoms with van der Waals surface area (Å²) >= 11 is 3.01. The minimum absolute atomic E-state index is 0.0321. The van der Waals surface area contributed by atoms with Crippen LogP contribution in [0.3, 0.4) is 0 Å². The molecule has 0 aliphatic rings. The molecule has 0 saturated heterocycles. The van der Waals surface area contributed by atoms with Gasteiger partial charge in [0.05, 0.1) is 16.3 Å². The highest BCUT2D eigenvalue weighted by Crippen LogP contribution is 2.30. The Hall–Kier alpha value is -2.90. The number of amides is 1. The monoisotopic (exact) mass is 420 g/mol. The summed E-state index contributed by atoms with van der Waals surface area (Å²) < 4.78 is 2.02. The number of benzene rings is 2. The topological polar surface area (TPSA) is 59.8 Å². The van der Waals surface area contributed by atoms with E-state index in [0.717, 1.165) is 27.5 Å². The molecule has 29 heavy (non-hydrogen) atoms. The number of rotatable bonds is 7. The first-order chi connectivity index (χ1) is 14.2. The van der Waals surface area contributed by atoms with Crippen LogP contribution in [0.5, 0.6) is 0 Å². The summed E-state index contributed by atoms with van der Waals surface area (Å²) in [5.74, 6) is 1.04. The van der Waals surface area contributed by atoms with E-state index in [0.29, 0.717) is 11.7 Å². The first-order valence-corrected chi connectivity index (χ1v) is 11.1. The van der Waals surface area contributed by atoms with Crippen molar-refractivity contribution < 1.29 is 4.79 Å². The van der Waals surface area contributed by atoms with Crippen LogP contribution in [0, 0.1) is 6.92 Å². The number of aryl methyl sites for hydroxylation is 1. The standard InChI is InChI=1S/C22H20N4OS2/c1-16-7-5-10-18(13-16)26-21(19-11-6-12-28-19)24-25-22(26)29-15-20(27)23-14-17-8-3-2-4-9-17/h2-13H,14-15H2,1H3,(H,23,27). The van der Waals surface area contributed by atoms with Gasteiger partial charge in [0.1, 0.15) is 0 Å². The number of thiophene rings is 1. The zero-order chi connectivity index (χ0) is 20.1. The molecule has 7 heteroatoms. The second-order valence-corrected chi connectivity index (χ2v) is 8.40. The van der Waals surface area contributed by atoms with Crippen molar-refractivity contribution in [2.45, 2.75) is 18.6 Å². The first kappa shape index (κ1) is 19.4. The van der Waals surface area contributed by atoms with E-state index >= 15 is 0 Å². The van der Waals surface area contributed by atoms with Crippen LogP contribution < -0.4 is 5.32 Å². The number of carbonyl (C=O) groups excluding carboxylic acids is 1. The van der Waals surface area contributed by atoms with Crippen LogP contribution in [0.15, 0.2) is 77.3 Å². The highest BCUT2D eigenvalue weighted by atomic mass is 32.2. The molecule has 4 aromatic rings. The molecule has 0 bridgehead atoms. The second kappa shape index (κ2) is 9.07. The van der Waals surface area contributed by atoms with Gasteiger partial charge in [0, 0.05) is 6.54 Å². The molecule has 2 aromatic carbocycles. The van der Waals surface area contributed by atoms with Gasteiger partial charge in [-0.25, -0.2) is 0 Å². The largest absolute Gasteiger partial charge is 0.351 e. The van der Waals surface area contributed by atoms with Crippen LogP contribution in [0.1, 0.15) is 11.1 Å². The van der Waals surface area contributed by atoms with Gasteiger partial charge in [0.25, 0.3) is 0 Å². The van der Waals surface area contributed by atoms with Gasteiger partial charge in [-0.05, 0) is 41.6 Å². The lowest BCUT2D eigenvalue weighted by Gasteiger charge is -2.10. The maximum Gasteiger partial charge on any atom is 0.230 e. The van der Waals surface area contributed by atoms with Crippen molar-refractivity contribution in [2.75, 3.05) is 5.75 Å². The summed E-state index contributed by atoms with van der Waals surface area (Å²) in [6.07, 6.45) is 0. The zero-order valence-electron chi connectivity index (χ0n) is 15.9. The molecule has 0 saturated carbocycles. The Morgan fingerprint density at radius 3 is 2.69 bits per heavy atom. The van der Waals surface area contributed by atoms with Crippen LogP contribution in [0.2, 0.25) is 0 Å². The predicted octanol–water partition coefficient (Wildman–Crippen LogP) is 4.71. The van der Waals surface area contributed by atoms with Crippen LogP contribution in [0.4, 0.5) is 0 Å². The Labute approximate surface area is 177 Å². The quantitative estimate of drug-likeness (QED) is 0.440. The molecule has 1 N–H and O–H groups in total. The molecule has 146 valence electrons. The fraction of sp³-hybridized carbons (Fsp3) is 0.136. The first-order valence-electron chi connectivity index (χ1n) is 9.20. The smallest absolute Gasteiger partial charge is 0.230 e. The Bertz CT molecular complexity index is 1090. The van der Waals surface area contributed by atoms with Crippen molar-refractivity contribution in [3.63, 3.8) is 0 Å². The molecule has 0 aliphatic carbocycles. The summed E-state index contributed by atoms with van der Waals surface area (Å²) in [6, 6.07) is 22.1. The maximum absolute atomic E-state index is 12.3. The number of hydrogen-bond donors (Lipinski definition) is 1. The number of hydrogen-bond acceptors (Lipinski definition) is 5. The highest BCUT2D eigenvalue weighted by molar-refractivity contribution is 7.99. The summed E-state index contributed by atoms with van der Waals surface area (Å²) in [4.78, 5) is 13.4. The maximum atomic E-state index is 12.3. The second-order valence-electron chi connectivity index (χ2n) is 6.51. The molecule has 0 aliphatic heterocycles. The Kier molecular flexibility index (Phi) is 6.07. The molecule has 5 nitrogen and oxygen atoms in total. The summed E-state index contributed by atoms with van der Waals surface area (Å²) in [5, 5.41) is 14.5. The average molecular weight is 421 g/mol. The van der Waals surface area contributed by atoms with Gasteiger partial charge in [-0.2, -0.15) is 0 Å². The van der Waals surface area contributed by atoms with Gasteiger partial charge in [0.2, 0.25) is 5.91 Å². The van der Waals surface area contributed by atoms with Gasteiger partial charge in [-0.15, -0.1) is 21.5 Å². The summed E-state index contributed by atoms with van der Waals surface area (Å²) in [6.45, 7) is 2.58. The van der Waals surface area contributed by atoms with Crippen LogP contribution in [0.25, 0.3) is 16.4 Å². The van der Waals surface area contributed by atoms with E-state index in [9.17, 15) is 4.79 Å². The molecule has 4 rings (SSSR count). The minimum atomic E-state index is -0.0321.